The highest BCUT2D eigenvalue weighted by molar-refractivity contribution is 5.67. The minimum absolute atomic E-state index is 0.398. The molecule has 1 N–H and O–H groups in total. The SMILES string of the molecule is CCC(CC)n1cncc1CNC(=O)OC(C)(C)C. The van der Waals surface area contributed by atoms with Gasteiger partial charge in [0.15, 0.2) is 0 Å². The van der Waals surface area contributed by atoms with Crippen LogP contribution in [-0.4, -0.2) is 21.2 Å². The number of hydrogen-bond donors (Lipinski definition) is 1. The fraction of sp³-hybridized carbons (Fsp3) is 0.714. The molecule has 1 rings (SSSR count). The van der Waals surface area contributed by atoms with Gasteiger partial charge < -0.3 is 14.6 Å². The van der Waals surface area contributed by atoms with Crippen molar-refractivity contribution in [3.63, 3.8) is 0 Å². The van der Waals surface area contributed by atoms with Gasteiger partial charge in [-0.05, 0) is 33.6 Å². The zero-order chi connectivity index (χ0) is 14.5. The number of carbonyl (C=O) groups excluding carboxylic acids is 1. The Balaban J connectivity index is 2.59. The maximum atomic E-state index is 11.6. The highest BCUT2D eigenvalue weighted by Crippen LogP contribution is 2.17. The Bertz CT molecular complexity index is 403. The highest BCUT2D eigenvalue weighted by Gasteiger charge is 2.17. The molecule has 1 aromatic heterocycles. The van der Waals surface area contributed by atoms with E-state index in [9.17, 15) is 4.79 Å². The molecule has 0 saturated carbocycles. The monoisotopic (exact) mass is 267 g/mol. The van der Waals surface area contributed by atoms with Gasteiger partial charge in [0.25, 0.3) is 0 Å². The Morgan fingerprint density at radius 2 is 2.05 bits per heavy atom. The summed E-state index contributed by atoms with van der Waals surface area (Å²) in [7, 11) is 0. The van der Waals surface area contributed by atoms with Gasteiger partial charge in [-0.2, -0.15) is 0 Å². The molecule has 0 aromatic carbocycles. The molecule has 0 aliphatic rings. The van der Waals surface area contributed by atoms with Crippen molar-refractivity contribution in [3.8, 4) is 0 Å². The summed E-state index contributed by atoms with van der Waals surface area (Å²) >= 11 is 0. The fourth-order valence-corrected chi connectivity index (χ4v) is 1.96. The normalized spacial score (nSPS) is 11.7. The molecule has 0 atom stereocenters. The number of amides is 1. The second-order valence-corrected chi connectivity index (χ2v) is 5.62. The van der Waals surface area contributed by atoms with Crippen molar-refractivity contribution < 1.29 is 9.53 Å². The largest absolute Gasteiger partial charge is 0.444 e. The first-order chi connectivity index (χ1) is 8.87. The summed E-state index contributed by atoms with van der Waals surface area (Å²) in [4.78, 5) is 15.8. The van der Waals surface area contributed by atoms with E-state index in [2.05, 4.69) is 28.7 Å². The molecular formula is C14H25N3O2. The van der Waals surface area contributed by atoms with Crippen molar-refractivity contribution >= 4 is 6.09 Å². The molecule has 19 heavy (non-hydrogen) atoms. The average molecular weight is 267 g/mol. The number of imidazole rings is 1. The first kappa shape index (κ1) is 15.5. The van der Waals surface area contributed by atoms with E-state index in [1.807, 2.05) is 27.1 Å². The molecule has 0 radical (unpaired) electrons. The van der Waals surface area contributed by atoms with Crippen LogP contribution in [0.2, 0.25) is 0 Å². The number of carbonyl (C=O) groups is 1. The lowest BCUT2D eigenvalue weighted by Crippen LogP contribution is -2.32. The summed E-state index contributed by atoms with van der Waals surface area (Å²) in [6, 6.07) is 0.429. The van der Waals surface area contributed by atoms with E-state index in [0.717, 1.165) is 18.5 Å². The first-order valence-corrected chi connectivity index (χ1v) is 6.85. The summed E-state index contributed by atoms with van der Waals surface area (Å²) < 4.78 is 7.33. The molecule has 5 nitrogen and oxygen atoms in total. The Kier molecular flexibility index (Phi) is 5.39. The van der Waals surface area contributed by atoms with Crippen LogP contribution in [0.3, 0.4) is 0 Å². The van der Waals surface area contributed by atoms with Crippen molar-refractivity contribution in [2.75, 3.05) is 0 Å². The molecule has 0 saturated heterocycles. The summed E-state index contributed by atoms with van der Waals surface area (Å²) in [5, 5.41) is 2.76. The third kappa shape index (κ3) is 4.93. The average Bonchev–Trinajstić information content (AvgIpc) is 2.74. The molecule has 5 heteroatoms. The van der Waals surface area contributed by atoms with Gasteiger partial charge in [-0.25, -0.2) is 9.78 Å². The summed E-state index contributed by atoms with van der Waals surface area (Å²) in [5.41, 5.74) is 0.527. The van der Waals surface area contributed by atoms with E-state index >= 15 is 0 Å². The van der Waals surface area contributed by atoms with Gasteiger partial charge in [0, 0.05) is 12.2 Å². The lowest BCUT2D eigenvalue weighted by Gasteiger charge is -2.21. The van der Waals surface area contributed by atoms with E-state index in [0.29, 0.717) is 12.6 Å². The maximum Gasteiger partial charge on any atom is 0.407 e. The first-order valence-electron chi connectivity index (χ1n) is 6.85. The van der Waals surface area contributed by atoms with E-state index in [4.69, 9.17) is 4.74 Å². The van der Waals surface area contributed by atoms with Crippen molar-refractivity contribution in [1.29, 1.82) is 0 Å². The van der Waals surface area contributed by atoms with Gasteiger partial charge in [-0.15, -0.1) is 0 Å². The Labute approximate surface area is 115 Å². The van der Waals surface area contributed by atoms with E-state index in [1.54, 1.807) is 6.20 Å². The topological polar surface area (TPSA) is 56.2 Å². The summed E-state index contributed by atoms with van der Waals surface area (Å²) in [6.45, 7) is 10.3. The van der Waals surface area contributed by atoms with E-state index in [1.165, 1.54) is 0 Å². The fourth-order valence-electron chi connectivity index (χ4n) is 1.96. The molecule has 0 bridgehead atoms. The van der Waals surface area contributed by atoms with Crippen LogP contribution in [0.1, 0.15) is 59.2 Å². The molecule has 1 heterocycles. The standard InChI is InChI=1S/C14H25N3O2/c1-6-11(7-2)17-10-15-8-12(17)9-16-13(18)19-14(3,4)5/h8,10-11H,6-7,9H2,1-5H3,(H,16,18). The van der Waals surface area contributed by atoms with Gasteiger partial charge in [0.05, 0.1) is 18.6 Å². The van der Waals surface area contributed by atoms with Gasteiger partial charge in [-0.3, -0.25) is 0 Å². The second-order valence-electron chi connectivity index (χ2n) is 5.62. The lowest BCUT2D eigenvalue weighted by atomic mass is 10.1. The van der Waals surface area contributed by atoms with Crippen molar-refractivity contribution in [3.05, 3.63) is 18.2 Å². The molecule has 1 amide bonds. The second kappa shape index (κ2) is 6.59. The number of nitrogens with one attached hydrogen (secondary N) is 1. The Morgan fingerprint density at radius 3 is 2.58 bits per heavy atom. The Morgan fingerprint density at radius 1 is 1.42 bits per heavy atom. The lowest BCUT2D eigenvalue weighted by molar-refractivity contribution is 0.0522. The molecule has 0 aliphatic carbocycles. The predicted octanol–water partition coefficient (Wildman–Crippen LogP) is 3.27. The molecule has 0 aliphatic heterocycles. The molecule has 108 valence electrons. The van der Waals surface area contributed by atoms with Crippen LogP contribution in [0.4, 0.5) is 4.79 Å². The smallest absolute Gasteiger partial charge is 0.407 e. The van der Waals surface area contributed by atoms with Crippen LogP contribution >= 0.6 is 0 Å². The molecular weight excluding hydrogens is 242 g/mol. The third-order valence-corrected chi connectivity index (χ3v) is 2.89. The number of aromatic nitrogens is 2. The van der Waals surface area contributed by atoms with Crippen LogP contribution in [0, 0.1) is 0 Å². The molecule has 0 fully saturated rings. The summed E-state index contributed by atoms with van der Waals surface area (Å²) in [6.07, 6.45) is 5.31. The minimum atomic E-state index is -0.473. The number of ether oxygens (including phenoxy) is 1. The zero-order valence-electron chi connectivity index (χ0n) is 12.6. The van der Waals surface area contributed by atoms with Crippen LogP contribution in [-0.2, 0) is 11.3 Å². The van der Waals surface area contributed by atoms with Crippen molar-refractivity contribution in [2.45, 2.75) is 65.6 Å². The number of alkyl carbamates (subject to hydrolysis) is 1. The number of nitrogens with zero attached hydrogens (tertiary/aromatic N) is 2. The highest BCUT2D eigenvalue weighted by atomic mass is 16.6. The zero-order valence-corrected chi connectivity index (χ0v) is 12.6. The molecule has 1 aromatic rings. The van der Waals surface area contributed by atoms with Gasteiger partial charge in [-0.1, -0.05) is 13.8 Å². The van der Waals surface area contributed by atoms with Crippen LogP contribution in [0.15, 0.2) is 12.5 Å². The van der Waals surface area contributed by atoms with E-state index in [-0.39, 0.29) is 0 Å². The van der Waals surface area contributed by atoms with Gasteiger partial charge in [0.1, 0.15) is 5.60 Å². The van der Waals surface area contributed by atoms with Crippen LogP contribution in [0.5, 0.6) is 0 Å². The predicted molar refractivity (Wildman–Crippen MR) is 74.9 cm³/mol. The maximum absolute atomic E-state index is 11.6. The van der Waals surface area contributed by atoms with Gasteiger partial charge >= 0.3 is 6.09 Å². The molecule has 0 spiro atoms. The van der Waals surface area contributed by atoms with Crippen molar-refractivity contribution in [1.82, 2.24) is 14.9 Å². The van der Waals surface area contributed by atoms with Gasteiger partial charge in [0.2, 0.25) is 0 Å². The molecule has 0 unspecified atom stereocenters. The summed E-state index contributed by atoms with van der Waals surface area (Å²) in [5.74, 6) is 0. The van der Waals surface area contributed by atoms with Crippen molar-refractivity contribution in [2.24, 2.45) is 0 Å². The van der Waals surface area contributed by atoms with Crippen LogP contribution < -0.4 is 5.32 Å². The third-order valence-electron chi connectivity index (χ3n) is 2.89. The quantitative estimate of drug-likeness (QED) is 0.890. The number of rotatable bonds is 5. The van der Waals surface area contributed by atoms with Crippen LogP contribution in [0.25, 0.3) is 0 Å². The number of hydrogen-bond acceptors (Lipinski definition) is 3. The minimum Gasteiger partial charge on any atom is -0.444 e. The van der Waals surface area contributed by atoms with E-state index < -0.39 is 11.7 Å². The Hall–Kier alpha value is -1.52.